The van der Waals surface area contributed by atoms with Crippen molar-refractivity contribution in [2.75, 3.05) is 26.2 Å². The largest absolute Gasteiger partial charge is 0.338 e. The van der Waals surface area contributed by atoms with Crippen LogP contribution >= 0.6 is 0 Å². The zero-order valence-electron chi connectivity index (χ0n) is 12.5. The average molecular weight is 279 g/mol. The van der Waals surface area contributed by atoms with E-state index >= 15 is 0 Å². The predicted octanol–water partition coefficient (Wildman–Crippen LogP) is 1.60. The van der Waals surface area contributed by atoms with Crippen molar-refractivity contribution < 1.29 is 9.59 Å². The van der Waals surface area contributed by atoms with E-state index in [1.807, 2.05) is 18.7 Å². The van der Waals surface area contributed by atoms with E-state index in [2.05, 4.69) is 11.9 Å². The SMILES string of the molecule is C=CCN1CC[C@]2(CCCN(C(=O)NC(C)C)C2)C1=O. The van der Waals surface area contributed by atoms with Gasteiger partial charge in [-0.1, -0.05) is 6.08 Å². The van der Waals surface area contributed by atoms with Gasteiger partial charge in [-0.3, -0.25) is 4.79 Å². The molecule has 0 aromatic rings. The number of nitrogens with zero attached hydrogens (tertiary/aromatic N) is 2. The van der Waals surface area contributed by atoms with Gasteiger partial charge in [-0.15, -0.1) is 6.58 Å². The molecule has 0 aliphatic carbocycles. The lowest BCUT2D eigenvalue weighted by Crippen LogP contribution is -2.53. The molecule has 0 unspecified atom stereocenters. The van der Waals surface area contributed by atoms with Crippen molar-refractivity contribution in [1.29, 1.82) is 0 Å². The third-order valence-electron chi connectivity index (χ3n) is 4.23. The quantitative estimate of drug-likeness (QED) is 0.798. The molecule has 1 N–H and O–H groups in total. The molecule has 0 bridgehead atoms. The van der Waals surface area contributed by atoms with Gasteiger partial charge in [0.15, 0.2) is 0 Å². The molecule has 20 heavy (non-hydrogen) atoms. The molecule has 2 fully saturated rings. The Kier molecular flexibility index (Phi) is 4.35. The van der Waals surface area contributed by atoms with Gasteiger partial charge in [-0.25, -0.2) is 4.79 Å². The van der Waals surface area contributed by atoms with Crippen LogP contribution in [0, 0.1) is 5.41 Å². The van der Waals surface area contributed by atoms with Gasteiger partial charge in [0, 0.05) is 32.2 Å². The first-order valence-corrected chi connectivity index (χ1v) is 7.44. The number of amides is 3. The number of hydrogen-bond acceptors (Lipinski definition) is 2. The van der Waals surface area contributed by atoms with Gasteiger partial charge in [-0.2, -0.15) is 0 Å². The van der Waals surface area contributed by atoms with E-state index in [4.69, 9.17) is 0 Å². The van der Waals surface area contributed by atoms with E-state index in [0.717, 1.165) is 32.4 Å². The highest BCUT2D eigenvalue weighted by Crippen LogP contribution is 2.40. The maximum absolute atomic E-state index is 12.6. The van der Waals surface area contributed by atoms with Crippen LogP contribution in [0.1, 0.15) is 33.1 Å². The minimum atomic E-state index is -0.352. The van der Waals surface area contributed by atoms with E-state index in [1.165, 1.54) is 0 Å². The Morgan fingerprint density at radius 1 is 1.45 bits per heavy atom. The topological polar surface area (TPSA) is 52.6 Å². The third kappa shape index (κ3) is 2.81. The number of nitrogens with one attached hydrogen (secondary N) is 1. The zero-order valence-corrected chi connectivity index (χ0v) is 12.5. The van der Waals surface area contributed by atoms with E-state index in [9.17, 15) is 9.59 Å². The van der Waals surface area contributed by atoms with Gasteiger partial charge in [-0.05, 0) is 33.1 Å². The van der Waals surface area contributed by atoms with Crippen molar-refractivity contribution in [2.45, 2.75) is 39.2 Å². The minimum Gasteiger partial charge on any atom is -0.338 e. The lowest BCUT2D eigenvalue weighted by atomic mass is 9.78. The lowest BCUT2D eigenvalue weighted by molar-refractivity contribution is -0.137. The average Bonchev–Trinajstić information content (AvgIpc) is 2.68. The smallest absolute Gasteiger partial charge is 0.317 e. The Morgan fingerprint density at radius 3 is 2.85 bits per heavy atom. The van der Waals surface area contributed by atoms with E-state index in [1.54, 1.807) is 11.0 Å². The summed E-state index contributed by atoms with van der Waals surface area (Å²) in [6.45, 7) is 10.3. The number of hydrogen-bond donors (Lipinski definition) is 1. The molecule has 2 aliphatic rings. The molecule has 0 saturated carbocycles. The summed E-state index contributed by atoms with van der Waals surface area (Å²) in [4.78, 5) is 28.4. The molecular formula is C15H25N3O2. The van der Waals surface area contributed by atoms with Crippen molar-refractivity contribution in [1.82, 2.24) is 15.1 Å². The van der Waals surface area contributed by atoms with Gasteiger partial charge < -0.3 is 15.1 Å². The summed E-state index contributed by atoms with van der Waals surface area (Å²) >= 11 is 0. The van der Waals surface area contributed by atoms with Gasteiger partial charge in [0.1, 0.15) is 0 Å². The number of carbonyl (C=O) groups is 2. The molecule has 5 nitrogen and oxygen atoms in total. The van der Waals surface area contributed by atoms with Crippen LogP contribution in [0.5, 0.6) is 0 Å². The number of urea groups is 1. The molecule has 1 spiro atoms. The molecule has 2 rings (SSSR count). The van der Waals surface area contributed by atoms with Crippen LogP contribution in [0.15, 0.2) is 12.7 Å². The van der Waals surface area contributed by atoms with Crippen LogP contribution in [0.25, 0.3) is 0 Å². The van der Waals surface area contributed by atoms with E-state index in [-0.39, 0.29) is 23.4 Å². The van der Waals surface area contributed by atoms with Crippen LogP contribution in [-0.4, -0.2) is 54.0 Å². The van der Waals surface area contributed by atoms with Gasteiger partial charge in [0.2, 0.25) is 5.91 Å². The number of carbonyl (C=O) groups excluding carboxylic acids is 2. The Bertz CT molecular complexity index is 408. The van der Waals surface area contributed by atoms with Gasteiger partial charge in [0.05, 0.1) is 5.41 Å². The fourth-order valence-corrected chi connectivity index (χ4v) is 3.24. The molecule has 0 aromatic carbocycles. The van der Waals surface area contributed by atoms with Crippen LogP contribution in [0.3, 0.4) is 0 Å². The zero-order chi connectivity index (χ0) is 14.8. The molecular weight excluding hydrogens is 254 g/mol. The number of piperidine rings is 1. The Morgan fingerprint density at radius 2 is 2.20 bits per heavy atom. The fraction of sp³-hybridized carbons (Fsp3) is 0.733. The summed E-state index contributed by atoms with van der Waals surface area (Å²) in [6, 6.07) is 0.0750. The summed E-state index contributed by atoms with van der Waals surface area (Å²) in [7, 11) is 0. The molecule has 3 amide bonds. The van der Waals surface area contributed by atoms with Crippen molar-refractivity contribution in [3.05, 3.63) is 12.7 Å². The maximum atomic E-state index is 12.6. The van der Waals surface area contributed by atoms with Crippen LogP contribution in [0.4, 0.5) is 4.79 Å². The molecule has 5 heteroatoms. The van der Waals surface area contributed by atoms with Crippen molar-refractivity contribution in [2.24, 2.45) is 5.41 Å². The van der Waals surface area contributed by atoms with Gasteiger partial charge >= 0.3 is 6.03 Å². The molecule has 0 radical (unpaired) electrons. The molecule has 2 heterocycles. The maximum Gasteiger partial charge on any atom is 0.317 e. The number of likely N-dealkylation sites (tertiary alicyclic amines) is 2. The Hall–Kier alpha value is -1.52. The monoisotopic (exact) mass is 279 g/mol. The van der Waals surface area contributed by atoms with Crippen LogP contribution < -0.4 is 5.32 Å². The second-order valence-corrected chi connectivity index (χ2v) is 6.20. The highest BCUT2D eigenvalue weighted by molar-refractivity contribution is 5.86. The Balaban J connectivity index is 2.05. The van der Waals surface area contributed by atoms with Crippen LogP contribution in [0.2, 0.25) is 0 Å². The summed E-state index contributed by atoms with van der Waals surface area (Å²) in [5.74, 6) is 0.194. The summed E-state index contributed by atoms with van der Waals surface area (Å²) < 4.78 is 0. The molecule has 112 valence electrons. The highest BCUT2D eigenvalue weighted by Gasteiger charge is 2.49. The van der Waals surface area contributed by atoms with Crippen molar-refractivity contribution in [3.8, 4) is 0 Å². The standard InChI is InChI=1S/C15H25N3O2/c1-4-8-17-10-7-15(13(17)19)6-5-9-18(11-15)14(20)16-12(2)3/h4,12H,1,5-11H2,2-3H3,(H,16,20)/t15-/m0/s1. The summed E-state index contributed by atoms with van der Waals surface area (Å²) in [5.41, 5.74) is -0.352. The summed E-state index contributed by atoms with van der Waals surface area (Å²) in [6.07, 6.45) is 4.41. The third-order valence-corrected chi connectivity index (χ3v) is 4.23. The first kappa shape index (κ1) is 14.9. The van der Waals surface area contributed by atoms with Crippen molar-refractivity contribution >= 4 is 11.9 Å². The summed E-state index contributed by atoms with van der Waals surface area (Å²) in [5, 5.41) is 2.92. The molecule has 2 aliphatic heterocycles. The Labute approximate surface area is 121 Å². The second-order valence-electron chi connectivity index (χ2n) is 6.20. The fourth-order valence-electron chi connectivity index (χ4n) is 3.24. The highest BCUT2D eigenvalue weighted by atomic mass is 16.2. The minimum absolute atomic E-state index is 0.0472. The molecule has 1 atom stereocenters. The van der Waals surface area contributed by atoms with E-state index in [0.29, 0.717) is 13.1 Å². The normalized spacial score (nSPS) is 26.4. The first-order chi connectivity index (χ1) is 9.48. The lowest BCUT2D eigenvalue weighted by Gasteiger charge is -2.39. The molecule has 0 aromatic heterocycles. The number of rotatable bonds is 3. The van der Waals surface area contributed by atoms with Crippen LogP contribution in [-0.2, 0) is 4.79 Å². The molecule has 2 saturated heterocycles. The predicted molar refractivity (Wildman–Crippen MR) is 78.3 cm³/mol. The van der Waals surface area contributed by atoms with Gasteiger partial charge in [0.25, 0.3) is 0 Å². The first-order valence-electron chi connectivity index (χ1n) is 7.44. The van der Waals surface area contributed by atoms with Crippen molar-refractivity contribution in [3.63, 3.8) is 0 Å². The second kappa shape index (κ2) is 5.85. The van der Waals surface area contributed by atoms with E-state index < -0.39 is 0 Å².